The fourth-order valence-electron chi connectivity index (χ4n) is 4.90. The maximum absolute atomic E-state index is 13.9. The molecule has 3 aliphatic rings. The molecule has 3 fully saturated rings. The van der Waals surface area contributed by atoms with Crippen LogP contribution in [0, 0.1) is 29.4 Å². The molecule has 2 atom stereocenters. The molecule has 0 radical (unpaired) electrons. The van der Waals surface area contributed by atoms with E-state index < -0.39 is 26.6 Å². The van der Waals surface area contributed by atoms with Crippen molar-refractivity contribution in [3.05, 3.63) is 29.8 Å². The van der Waals surface area contributed by atoms with Crippen LogP contribution in [-0.4, -0.2) is 55.5 Å². The number of benzene rings is 1. The third-order valence-corrected chi connectivity index (χ3v) is 8.37. The van der Waals surface area contributed by atoms with Crippen molar-refractivity contribution >= 4 is 21.7 Å². The second-order valence-corrected chi connectivity index (χ2v) is 10.1. The Hall–Kier alpha value is -1.87. The fraction of sp³-hybridized carbons (Fsp3) is 0.600. The number of fused-ring (bicyclic) bond motifs is 2. The lowest BCUT2D eigenvalue weighted by Gasteiger charge is -2.40. The number of carbonyl (C=O) groups excluding carboxylic acids is 2. The maximum atomic E-state index is 13.9. The molecule has 1 amide bonds. The Balaban J connectivity index is 1.41. The molecule has 2 aliphatic carbocycles. The Morgan fingerprint density at radius 2 is 1.62 bits per heavy atom. The lowest BCUT2D eigenvalue weighted by atomic mass is 9.67. The van der Waals surface area contributed by atoms with Crippen LogP contribution in [0.25, 0.3) is 0 Å². The minimum atomic E-state index is -4.17. The van der Waals surface area contributed by atoms with Crippen LogP contribution in [0.1, 0.15) is 32.1 Å². The van der Waals surface area contributed by atoms with E-state index in [-0.39, 0.29) is 49.8 Å². The summed E-state index contributed by atoms with van der Waals surface area (Å²) in [6, 6.07) is 2.35. The third kappa shape index (κ3) is 3.82. The molecule has 0 spiro atoms. The van der Waals surface area contributed by atoms with Gasteiger partial charge in [-0.3, -0.25) is 9.59 Å². The predicted octanol–water partition coefficient (Wildman–Crippen LogP) is 2.19. The van der Waals surface area contributed by atoms with Gasteiger partial charge in [-0.15, -0.1) is 0 Å². The smallest absolute Gasteiger partial charge is 0.246 e. The second kappa shape index (κ2) is 7.75. The highest BCUT2D eigenvalue weighted by Crippen LogP contribution is 2.40. The van der Waals surface area contributed by atoms with Crippen LogP contribution in [0.15, 0.2) is 23.1 Å². The summed E-state index contributed by atoms with van der Waals surface area (Å²) in [6.45, 7) is 0.467. The van der Waals surface area contributed by atoms with Gasteiger partial charge in [0.1, 0.15) is 22.3 Å². The Labute approximate surface area is 168 Å². The largest absolute Gasteiger partial charge is 0.340 e. The molecule has 2 bridgehead atoms. The average Bonchev–Trinajstić information content (AvgIpc) is 2.69. The summed E-state index contributed by atoms with van der Waals surface area (Å²) in [5.41, 5.74) is 0. The summed E-state index contributed by atoms with van der Waals surface area (Å²) in [4.78, 5) is 26.1. The number of piperazine rings is 1. The van der Waals surface area contributed by atoms with E-state index in [4.69, 9.17) is 0 Å². The number of nitrogens with zero attached hydrogens (tertiary/aromatic N) is 2. The van der Waals surface area contributed by atoms with Gasteiger partial charge in [0.15, 0.2) is 0 Å². The first-order valence-corrected chi connectivity index (χ1v) is 11.5. The monoisotopic (exact) mass is 426 g/mol. The van der Waals surface area contributed by atoms with E-state index in [1.807, 2.05) is 0 Å². The van der Waals surface area contributed by atoms with Crippen molar-refractivity contribution in [3.8, 4) is 0 Å². The Morgan fingerprint density at radius 1 is 1.00 bits per heavy atom. The van der Waals surface area contributed by atoms with Crippen LogP contribution in [0.5, 0.6) is 0 Å². The van der Waals surface area contributed by atoms with Crippen LogP contribution >= 0.6 is 0 Å². The molecule has 2 saturated carbocycles. The average molecular weight is 426 g/mol. The lowest BCUT2D eigenvalue weighted by Crippen LogP contribution is -2.53. The van der Waals surface area contributed by atoms with Crippen LogP contribution < -0.4 is 0 Å². The molecule has 0 aromatic heterocycles. The lowest BCUT2D eigenvalue weighted by molar-refractivity contribution is -0.144. The van der Waals surface area contributed by atoms with E-state index in [0.717, 1.165) is 35.7 Å². The number of sulfonamides is 1. The van der Waals surface area contributed by atoms with Crippen LogP contribution in [-0.2, 0) is 19.6 Å². The fourth-order valence-corrected chi connectivity index (χ4v) is 6.40. The first-order chi connectivity index (χ1) is 13.8. The number of ketones is 1. The standard InChI is InChI=1S/C20H24F2N2O4S/c21-16-4-5-17(22)18(12-16)29(27,28)24-8-6-23(7-9-24)20(26)15-10-13-2-1-3-14(11-15)19(13)25/h4-5,12-15H,1-3,6-11H2. The van der Waals surface area contributed by atoms with Crippen molar-refractivity contribution in [2.24, 2.45) is 17.8 Å². The van der Waals surface area contributed by atoms with Gasteiger partial charge in [-0.05, 0) is 43.9 Å². The molecule has 2 unspecified atom stereocenters. The Kier molecular flexibility index (Phi) is 5.46. The van der Waals surface area contributed by atoms with Gasteiger partial charge in [0.25, 0.3) is 0 Å². The van der Waals surface area contributed by atoms with E-state index >= 15 is 0 Å². The van der Waals surface area contributed by atoms with Crippen molar-refractivity contribution in [2.45, 2.75) is 37.0 Å². The number of hydrogen-bond donors (Lipinski definition) is 0. The van der Waals surface area contributed by atoms with Gasteiger partial charge >= 0.3 is 0 Å². The van der Waals surface area contributed by atoms with Gasteiger partial charge in [0.2, 0.25) is 15.9 Å². The number of halogens is 2. The molecule has 1 heterocycles. The van der Waals surface area contributed by atoms with Gasteiger partial charge < -0.3 is 4.90 Å². The highest BCUT2D eigenvalue weighted by atomic mass is 32.2. The molecule has 29 heavy (non-hydrogen) atoms. The number of carbonyl (C=O) groups is 2. The Bertz CT molecular complexity index is 912. The van der Waals surface area contributed by atoms with Gasteiger partial charge in [-0.25, -0.2) is 17.2 Å². The number of Topliss-reactive ketones (excluding diaryl/α,β-unsaturated/α-hetero) is 1. The molecule has 6 nitrogen and oxygen atoms in total. The minimum Gasteiger partial charge on any atom is -0.340 e. The molecule has 9 heteroatoms. The van der Waals surface area contributed by atoms with Gasteiger partial charge in [0, 0.05) is 43.9 Å². The van der Waals surface area contributed by atoms with E-state index in [0.29, 0.717) is 24.7 Å². The molecule has 158 valence electrons. The quantitative estimate of drug-likeness (QED) is 0.743. The molecule has 1 saturated heterocycles. The van der Waals surface area contributed by atoms with Gasteiger partial charge in [-0.1, -0.05) is 6.42 Å². The van der Waals surface area contributed by atoms with Crippen molar-refractivity contribution in [1.82, 2.24) is 9.21 Å². The van der Waals surface area contributed by atoms with E-state index in [9.17, 15) is 26.8 Å². The normalized spacial score (nSPS) is 28.4. The molecular formula is C20H24F2N2O4S. The highest BCUT2D eigenvalue weighted by molar-refractivity contribution is 7.89. The summed E-state index contributed by atoms with van der Waals surface area (Å²) >= 11 is 0. The van der Waals surface area contributed by atoms with Crippen LogP contribution in [0.4, 0.5) is 8.78 Å². The minimum absolute atomic E-state index is 0.0194. The van der Waals surface area contributed by atoms with Crippen molar-refractivity contribution in [2.75, 3.05) is 26.2 Å². The maximum Gasteiger partial charge on any atom is 0.246 e. The zero-order chi connectivity index (χ0) is 20.8. The molecule has 1 aromatic rings. The molecule has 4 rings (SSSR count). The molecule has 1 aromatic carbocycles. The summed E-state index contributed by atoms with van der Waals surface area (Å²) in [7, 11) is -4.17. The van der Waals surface area contributed by atoms with Crippen LogP contribution in [0.3, 0.4) is 0 Å². The summed E-state index contributed by atoms with van der Waals surface area (Å²) in [6.07, 6.45) is 3.91. The van der Waals surface area contributed by atoms with Crippen LogP contribution in [0.2, 0.25) is 0 Å². The van der Waals surface area contributed by atoms with E-state index in [2.05, 4.69) is 0 Å². The summed E-state index contributed by atoms with van der Waals surface area (Å²) < 4.78 is 53.8. The molecule has 1 aliphatic heterocycles. The third-order valence-electron chi connectivity index (χ3n) is 6.46. The SMILES string of the molecule is O=C1C2CCCC1CC(C(=O)N1CCN(S(=O)(=O)c3cc(F)ccc3F)CC1)C2. The number of rotatable bonds is 3. The summed E-state index contributed by atoms with van der Waals surface area (Å²) in [5, 5.41) is 0. The topological polar surface area (TPSA) is 74.8 Å². The predicted molar refractivity (Wildman–Crippen MR) is 100 cm³/mol. The Morgan fingerprint density at radius 3 is 2.24 bits per heavy atom. The first kappa shape index (κ1) is 20.4. The molecule has 0 N–H and O–H groups in total. The second-order valence-electron chi connectivity index (χ2n) is 8.20. The zero-order valence-corrected chi connectivity index (χ0v) is 16.8. The highest BCUT2D eigenvalue weighted by Gasteiger charge is 2.43. The first-order valence-electron chi connectivity index (χ1n) is 10.0. The van der Waals surface area contributed by atoms with Crippen molar-refractivity contribution in [3.63, 3.8) is 0 Å². The van der Waals surface area contributed by atoms with Gasteiger partial charge in [0.05, 0.1) is 0 Å². The zero-order valence-electron chi connectivity index (χ0n) is 16.0. The van der Waals surface area contributed by atoms with Crippen molar-refractivity contribution in [1.29, 1.82) is 0 Å². The van der Waals surface area contributed by atoms with E-state index in [1.54, 1.807) is 4.90 Å². The van der Waals surface area contributed by atoms with Crippen molar-refractivity contribution < 1.29 is 26.8 Å². The molecular weight excluding hydrogens is 402 g/mol. The number of amides is 1. The van der Waals surface area contributed by atoms with Gasteiger partial charge in [-0.2, -0.15) is 4.31 Å². The van der Waals surface area contributed by atoms with E-state index in [1.165, 1.54) is 0 Å². The summed E-state index contributed by atoms with van der Waals surface area (Å²) in [5.74, 6) is -1.77. The number of hydrogen-bond acceptors (Lipinski definition) is 4.